The van der Waals surface area contributed by atoms with Gasteiger partial charge in [-0.1, -0.05) is 18.9 Å². The van der Waals surface area contributed by atoms with E-state index in [1.165, 1.54) is 0 Å². The van der Waals surface area contributed by atoms with Gasteiger partial charge >= 0.3 is 7.12 Å². The second kappa shape index (κ2) is 6.19. The van der Waals surface area contributed by atoms with Crippen LogP contribution in [-0.2, 0) is 14.1 Å². The zero-order valence-corrected chi connectivity index (χ0v) is 15.4. The predicted octanol–water partition coefficient (Wildman–Crippen LogP) is 3.42. The molecule has 1 amide bonds. The lowest BCUT2D eigenvalue weighted by Gasteiger charge is -2.32. The van der Waals surface area contributed by atoms with E-state index in [1.807, 2.05) is 25.1 Å². The van der Waals surface area contributed by atoms with Crippen molar-refractivity contribution in [2.45, 2.75) is 71.5 Å². The summed E-state index contributed by atoms with van der Waals surface area (Å²) in [5, 5.41) is 3.05. The van der Waals surface area contributed by atoms with E-state index in [9.17, 15) is 4.79 Å². The molecule has 1 N–H and O–H groups in total. The van der Waals surface area contributed by atoms with Gasteiger partial charge in [-0.25, -0.2) is 0 Å². The molecule has 24 heavy (non-hydrogen) atoms. The second-order valence-electron chi connectivity index (χ2n) is 8.13. The third-order valence-electron chi connectivity index (χ3n) is 5.77. The Kier molecular flexibility index (Phi) is 4.52. The van der Waals surface area contributed by atoms with Gasteiger partial charge in [-0.05, 0) is 70.6 Å². The molecule has 4 nitrogen and oxygen atoms in total. The van der Waals surface area contributed by atoms with E-state index < -0.39 is 0 Å². The Morgan fingerprint density at radius 1 is 1.12 bits per heavy atom. The van der Waals surface area contributed by atoms with Crippen LogP contribution in [0.2, 0.25) is 0 Å². The van der Waals surface area contributed by atoms with Gasteiger partial charge in [-0.15, -0.1) is 0 Å². The molecule has 0 radical (unpaired) electrons. The molecule has 0 bridgehead atoms. The normalized spacial score (nSPS) is 22.8. The Bertz CT molecular complexity index is 619. The largest absolute Gasteiger partial charge is 0.495 e. The van der Waals surface area contributed by atoms with Gasteiger partial charge in [0.25, 0.3) is 0 Å². The minimum atomic E-state index is -0.366. The quantitative estimate of drug-likeness (QED) is 0.865. The van der Waals surface area contributed by atoms with Gasteiger partial charge in [-0.3, -0.25) is 4.79 Å². The molecule has 0 spiro atoms. The molecule has 1 aromatic rings. The van der Waals surface area contributed by atoms with Crippen LogP contribution in [-0.4, -0.2) is 24.2 Å². The highest BCUT2D eigenvalue weighted by atomic mass is 16.7. The highest BCUT2D eigenvalue weighted by Gasteiger charge is 2.52. The molecule has 1 saturated heterocycles. The molecule has 3 rings (SSSR count). The van der Waals surface area contributed by atoms with E-state index in [1.54, 1.807) is 0 Å². The minimum Gasteiger partial charge on any atom is -0.399 e. The van der Waals surface area contributed by atoms with Gasteiger partial charge < -0.3 is 14.6 Å². The van der Waals surface area contributed by atoms with E-state index in [2.05, 4.69) is 33.0 Å². The van der Waals surface area contributed by atoms with Crippen molar-refractivity contribution < 1.29 is 14.1 Å². The number of amides is 1. The summed E-state index contributed by atoms with van der Waals surface area (Å²) in [5.41, 5.74) is 2.24. The fourth-order valence-electron chi connectivity index (χ4n) is 3.42. The summed E-state index contributed by atoms with van der Waals surface area (Å²) in [7, 11) is -0.366. The number of anilines is 1. The van der Waals surface area contributed by atoms with Crippen LogP contribution in [0.4, 0.5) is 5.69 Å². The average molecular weight is 329 g/mol. The first-order chi connectivity index (χ1) is 11.2. The topological polar surface area (TPSA) is 47.6 Å². The summed E-state index contributed by atoms with van der Waals surface area (Å²) in [5.74, 6) is 0.323. The number of hydrogen-bond donors (Lipinski definition) is 1. The van der Waals surface area contributed by atoms with Gasteiger partial charge in [0, 0.05) is 11.6 Å². The molecule has 130 valence electrons. The molecule has 0 unspecified atom stereocenters. The molecule has 5 heteroatoms. The van der Waals surface area contributed by atoms with Crippen molar-refractivity contribution in [3.63, 3.8) is 0 Å². The lowest BCUT2D eigenvalue weighted by Crippen LogP contribution is -2.41. The van der Waals surface area contributed by atoms with Crippen molar-refractivity contribution >= 4 is 24.2 Å². The van der Waals surface area contributed by atoms with Crippen LogP contribution in [0, 0.1) is 12.8 Å². The van der Waals surface area contributed by atoms with Crippen LogP contribution in [0.5, 0.6) is 0 Å². The van der Waals surface area contributed by atoms with Crippen LogP contribution >= 0.6 is 0 Å². The van der Waals surface area contributed by atoms with Crippen LogP contribution in [0.15, 0.2) is 18.2 Å². The summed E-state index contributed by atoms with van der Waals surface area (Å²) >= 11 is 0. The third kappa shape index (κ3) is 3.24. The van der Waals surface area contributed by atoms with Crippen molar-refractivity contribution in [1.29, 1.82) is 0 Å². The molecule has 0 atom stereocenters. The number of hydrogen-bond acceptors (Lipinski definition) is 3. The first-order valence-corrected chi connectivity index (χ1v) is 8.97. The Balaban J connectivity index is 1.72. The number of benzene rings is 1. The SMILES string of the molecule is Cc1cc(NC(=O)C2CCCC2)ccc1B1OC(C)(C)C(C)(C)O1. The first-order valence-electron chi connectivity index (χ1n) is 8.97. The third-order valence-corrected chi connectivity index (χ3v) is 5.77. The van der Waals surface area contributed by atoms with E-state index in [0.717, 1.165) is 42.4 Å². The van der Waals surface area contributed by atoms with Crippen molar-refractivity contribution in [2.75, 3.05) is 5.32 Å². The molecule has 1 saturated carbocycles. The number of nitrogens with one attached hydrogen (secondary N) is 1. The van der Waals surface area contributed by atoms with Crippen LogP contribution in [0.3, 0.4) is 0 Å². The standard InChI is InChI=1S/C19H28BNO3/c1-13-12-15(21-17(22)14-8-6-7-9-14)10-11-16(13)20-23-18(2,3)19(4,5)24-20/h10-12,14H,6-9H2,1-5H3,(H,21,22). The van der Waals surface area contributed by atoms with Crippen LogP contribution < -0.4 is 10.8 Å². The van der Waals surface area contributed by atoms with Crippen molar-refractivity contribution in [1.82, 2.24) is 0 Å². The molecule has 1 heterocycles. The Morgan fingerprint density at radius 2 is 1.71 bits per heavy atom. The Labute approximate surface area is 145 Å². The van der Waals surface area contributed by atoms with Crippen LogP contribution in [0.25, 0.3) is 0 Å². The van der Waals surface area contributed by atoms with E-state index in [-0.39, 0.29) is 30.1 Å². The lowest BCUT2D eigenvalue weighted by atomic mass is 9.76. The van der Waals surface area contributed by atoms with Crippen LogP contribution in [0.1, 0.15) is 58.9 Å². The number of aryl methyl sites for hydroxylation is 1. The molecule has 1 aliphatic carbocycles. The molecule has 2 aliphatic rings. The highest BCUT2D eigenvalue weighted by molar-refractivity contribution is 6.62. The lowest BCUT2D eigenvalue weighted by molar-refractivity contribution is -0.119. The fraction of sp³-hybridized carbons (Fsp3) is 0.632. The monoisotopic (exact) mass is 329 g/mol. The zero-order valence-electron chi connectivity index (χ0n) is 15.4. The number of carbonyl (C=O) groups is 1. The predicted molar refractivity (Wildman–Crippen MR) is 97.5 cm³/mol. The summed E-state index contributed by atoms with van der Waals surface area (Å²) < 4.78 is 12.2. The Hall–Kier alpha value is -1.33. The number of carbonyl (C=O) groups excluding carboxylic acids is 1. The highest BCUT2D eigenvalue weighted by Crippen LogP contribution is 2.36. The maximum Gasteiger partial charge on any atom is 0.495 e. The number of rotatable bonds is 3. The van der Waals surface area contributed by atoms with Gasteiger partial charge in [0.05, 0.1) is 11.2 Å². The van der Waals surface area contributed by atoms with Gasteiger partial charge in [0.2, 0.25) is 5.91 Å². The molecular formula is C19H28BNO3. The van der Waals surface area contributed by atoms with Crippen molar-refractivity contribution in [3.8, 4) is 0 Å². The minimum absolute atomic E-state index is 0.148. The molecular weight excluding hydrogens is 301 g/mol. The first kappa shape index (κ1) is 17.5. The molecule has 1 aliphatic heterocycles. The second-order valence-corrected chi connectivity index (χ2v) is 8.13. The zero-order chi connectivity index (χ0) is 17.5. The average Bonchev–Trinajstić information content (AvgIpc) is 3.06. The van der Waals surface area contributed by atoms with Crippen molar-refractivity contribution in [3.05, 3.63) is 23.8 Å². The smallest absolute Gasteiger partial charge is 0.399 e. The summed E-state index contributed by atoms with van der Waals surface area (Å²) in [6.45, 7) is 10.2. The van der Waals surface area contributed by atoms with Gasteiger partial charge in [0.15, 0.2) is 0 Å². The summed E-state index contributed by atoms with van der Waals surface area (Å²) in [4.78, 5) is 12.3. The Morgan fingerprint density at radius 3 is 2.25 bits per heavy atom. The maximum absolute atomic E-state index is 12.3. The maximum atomic E-state index is 12.3. The van der Waals surface area contributed by atoms with Gasteiger partial charge in [0.1, 0.15) is 0 Å². The van der Waals surface area contributed by atoms with Gasteiger partial charge in [-0.2, -0.15) is 0 Å². The molecule has 2 fully saturated rings. The molecule has 1 aromatic carbocycles. The summed E-state index contributed by atoms with van der Waals surface area (Å²) in [6, 6.07) is 5.95. The van der Waals surface area contributed by atoms with E-state index in [0.29, 0.717) is 0 Å². The fourth-order valence-corrected chi connectivity index (χ4v) is 3.42. The van der Waals surface area contributed by atoms with E-state index in [4.69, 9.17) is 9.31 Å². The van der Waals surface area contributed by atoms with E-state index >= 15 is 0 Å². The molecule has 0 aromatic heterocycles. The van der Waals surface area contributed by atoms with Crippen molar-refractivity contribution in [2.24, 2.45) is 5.92 Å². The summed E-state index contributed by atoms with van der Waals surface area (Å²) in [6.07, 6.45) is 4.35.